The average molecular weight is 374 g/mol. The molecule has 1 aliphatic heterocycles. The highest BCUT2D eigenvalue weighted by molar-refractivity contribution is 5.91. The van der Waals surface area contributed by atoms with Crippen molar-refractivity contribution in [3.05, 3.63) is 60.6 Å². The second kappa shape index (κ2) is 8.12. The molecular weight excluding hydrogens is 352 g/mol. The van der Waals surface area contributed by atoms with Crippen molar-refractivity contribution < 1.29 is 4.79 Å². The molecule has 3 aromatic rings. The number of hydrogen-bond donors (Lipinski definition) is 1. The topological polar surface area (TPSA) is 83.9 Å². The number of nitrogens with one attached hydrogen (secondary N) is 1. The Labute approximate surface area is 163 Å². The van der Waals surface area contributed by atoms with Gasteiger partial charge in [-0.1, -0.05) is 6.07 Å². The van der Waals surface area contributed by atoms with Crippen LogP contribution in [-0.2, 0) is 4.79 Å². The van der Waals surface area contributed by atoms with E-state index in [4.69, 9.17) is 0 Å². The minimum absolute atomic E-state index is 0.0115. The lowest BCUT2D eigenvalue weighted by molar-refractivity contribution is -0.120. The SMILES string of the molecule is Cc1cccc(NC(=O)C2CCN(c3ccc(-c4ccncc4)nn3)CC2)n1. The van der Waals surface area contributed by atoms with Crippen molar-refractivity contribution in [3.63, 3.8) is 0 Å². The molecule has 1 N–H and O–H groups in total. The summed E-state index contributed by atoms with van der Waals surface area (Å²) in [4.78, 5) is 23.1. The summed E-state index contributed by atoms with van der Waals surface area (Å²) in [6, 6.07) is 13.4. The van der Waals surface area contributed by atoms with Gasteiger partial charge in [0.15, 0.2) is 5.82 Å². The summed E-state index contributed by atoms with van der Waals surface area (Å²) < 4.78 is 0. The van der Waals surface area contributed by atoms with E-state index in [1.54, 1.807) is 12.4 Å². The monoisotopic (exact) mass is 374 g/mol. The van der Waals surface area contributed by atoms with E-state index in [-0.39, 0.29) is 11.8 Å². The Morgan fingerprint density at radius 2 is 1.82 bits per heavy atom. The minimum Gasteiger partial charge on any atom is -0.355 e. The molecule has 0 aromatic carbocycles. The first-order valence-electron chi connectivity index (χ1n) is 9.42. The lowest BCUT2D eigenvalue weighted by Crippen LogP contribution is -2.38. The molecule has 0 spiro atoms. The van der Waals surface area contributed by atoms with Crippen molar-refractivity contribution in [3.8, 4) is 11.3 Å². The van der Waals surface area contributed by atoms with Crippen LogP contribution in [0.3, 0.4) is 0 Å². The predicted octanol–water partition coefficient (Wildman–Crippen LogP) is 3.10. The van der Waals surface area contributed by atoms with Crippen LogP contribution in [-0.4, -0.2) is 39.2 Å². The van der Waals surface area contributed by atoms with Gasteiger partial charge in [0.2, 0.25) is 5.91 Å². The van der Waals surface area contributed by atoms with Crippen LogP contribution in [0.1, 0.15) is 18.5 Å². The first-order valence-corrected chi connectivity index (χ1v) is 9.42. The second-order valence-electron chi connectivity index (χ2n) is 6.93. The summed E-state index contributed by atoms with van der Waals surface area (Å²) in [7, 11) is 0. The van der Waals surface area contributed by atoms with E-state index < -0.39 is 0 Å². The number of aromatic nitrogens is 4. The van der Waals surface area contributed by atoms with E-state index >= 15 is 0 Å². The van der Waals surface area contributed by atoms with Crippen LogP contribution in [0.25, 0.3) is 11.3 Å². The van der Waals surface area contributed by atoms with Gasteiger partial charge in [0.25, 0.3) is 0 Å². The summed E-state index contributed by atoms with van der Waals surface area (Å²) in [5.41, 5.74) is 2.71. The maximum absolute atomic E-state index is 12.5. The molecule has 1 aliphatic rings. The van der Waals surface area contributed by atoms with Crippen LogP contribution in [0.5, 0.6) is 0 Å². The van der Waals surface area contributed by atoms with Gasteiger partial charge in [-0.25, -0.2) is 4.98 Å². The Morgan fingerprint density at radius 3 is 2.50 bits per heavy atom. The van der Waals surface area contributed by atoms with Crippen molar-refractivity contribution in [1.82, 2.24) is 20.2 Å². The number of nitrogens with zero attached hydrogens (tertiary/aromatic N) is 5. The van der Waals surface area contributed by atoms with E-state index in [1.165, 1.54) is 0 Å². The van der Waals surface area contributed by atoms with E-state index in [9.17, 15) is 4.79 Å². The van der Waals surface area contributed by atoms with Crippen molar-refractivity contribution in [1.29, 1.82) is 0 Å². The van der Waals surface area contributed by atoms with Crippen LogP contribution >= 0.6 is 0 Å². The summed E-state index contributed by atoms with van der Waals surface area (Å²) in [5, 5.41) is 11.6. The van der Waals surface area contributed by atoms with Gasteiger partial charge >= 0.3 is 0 Å². The van der Waals surface area contributed by atoms with Gasteiger partial charge < -0.3 is 10.2 Å². The molecule has 0 aliphatic carbocycles. The quantitative estimate of drug-likeness (QED) is 0.755. The number of piperidine rings is 1. The van der Waals surface area contributed by atoms with Crippen molar-refractivity contribution in [2.24, 2.45) is 5.92 Å². The van der Waals surface area contributed by atoms with Gasteiger partial charge in [-0.15, -0.1) is 10.2 Å². The van der Waals surface area contributed by atoms with E-state index in [0.29, 0.717) is 5.82 Å². The molecule has 1 fully saturated rings. The Hall–Kier alpha value is -3.35. The van der Waals surface area contributed by atoms with Gasteiger partial charge in [-0.3, -0.25) is 9.78 Å². The first kappa shape index (κ1) is 18.0. The third kappa shape index (κ3) is 4.14. The lowest BCUT2D eigenvalue weighted by Gasteiger charge is -2.31. The fourth-order valence-corrected chi connectivity index (χ4v) is 3.38. The van der Waals surface area contributed by atoms with Gasteiger partial charge in [0.1, 0.15) is 5.82 Å². The zero-order valence-electron chi connectivity index (χ0n) is 15.7. The average Bonchev–Trinajstić information content (AvgIpc) is 2.75. The number of hydrogen-bond acceptors (Lipinski definition) is 6. The molecule has 0 radical (unpaired) electrons. The Balaban J connectivity index is 1.34. The summed E-state index contributed by atoms with van der Waals surface area (Å²) in [6.07, 6.45) is 5.05. The van der Waals surface area contributed by atoms with E-state index in [1.807, 2.05) is 49.4 Å². The minimum atomic E-state index is -0.0115. The molecule has 4 heterocycles. The van der Waals surface area contributed by atoms with Crippen LogP contribution in [0.4, 0.5) is 11.6 Å². The fourth-order valence-electron chi connectivity index (χ4n) is 3.38. The summed E-state index contributed by atoms with van der Waals surface area (Å²) in [6.45, 7) is 3.47. The lowest BCUT2D eigenvalue weighted by atomic mass is 9.96. The number of pyridine rings is 2. The summed E-state index contributed by atoms with van der Waals surface area (Å²) >= 11 is 0. The molecule has 0 bridgehead atoms. The molecule has 3 aromatic heterocycles. The molecule has 0 unspecified atom stereocenters. The van der Waals surface area contributed by atoms with E-state index in [2.05, 4.69) is 30.4 Å². The standard InChI is InChI=1S/C21H22N6O/c1-15-3-2-4-19(23-15)24-21(28)17-9-13-27(14-10-17)20-6-5-18(25-26-20)16-7-11-22-12-8-16/h2-8,11-12,17H,9-10,13-14H2,1H3,(H,23,24,28). The van der Waals surface area contributed by atoms with Crippen molar-refractivity contribution in [2.75, 3.05) is 23.3 Å². The molecule has 4 rings (SSSR count). The maximum Gasteiger partial charge on any atom is 0.228 e. The number of carbonyl (C=O) groups excluding carboxylic acids is 1. The molecule has 0 saturated carbocycles. The molecule has 7 nitrogen and oxygen atoms in total. The van der Waals surface area contributed by atoms with Crippen LogP contribution in [0.2, 0.25) is 0 Å². The number of carbonyl (C=O) groups is 1. The Kier molecular flexibility index (Phi) is 5.23. The Bertz CT molecular complexity index is 937. The normalized spacial score (nSPS) is 14.7. The van der Waals surface area contributed by atoms with Crippen LogP contribution < -0.4 is 10.2 Å². The van der Waals surface area contributed by atoms with Gasteiger partial charge in [0.05, 0.1) is 5.69 Å². The zero-order valence-corrected chi connectivity index (χ0v) is 15.7. The van der Waals surface area contributed by atoms with Gasteiger partial charge in [0, 0.05) is 42.7 Å². The maximum atomic E-state index is 12.5. The second-order valence-corrected chi connectivity index (χ2v) is 6.93. The number of anilines is 2. The number of rotatable bonds is 4. The molecule has 1 saturated heterocycles. The first-order chi connectivity index (χ1) is 13.7. The highest BCUT2D eigenvalue weighted by Crippen LogP contribution is 2.24. The smallest absolute Gasteiger partial charge is 0.228 e. The van der Waals surface area contributed by atoms with Gasteiger partial charge in [-0.05, 0) is 56.2 Å². The predicted molar refractivity (Wildman–Crippen MR) is 108 cm³/mol. The number of aryl methyl sites for hydroxylation is 1. The third-order valence-electron chi connectivity index (χ3n) is 4.96. The highest BCUT2D eigenvalue weighted by Gasteiger charge is 2.26. The molecule has 0 atom stereocenters. The molecule has 7 heteroatoms. The van der Waals surface area contributed by atoms with Gasteiger partial charge in [-0.2, -0.15) is 0 Å². The zero-order chi connectivity index (χ0) is 19.3. The molecule has 1 amide bonds. The van der Waals surface area contributed by atoms with Crippen LogP contribution in [0, 0.1) is 12.8 Å². The van der Waals surface area contributed by atoms with Crippen molar-refractivity contribution >= 4 is 17.5 Å². The van der Waals surface area contributed by atoms with Crippen molar-refractivity contribution in [2.45, 2.75) is 19.8 Å². The molecule has 28 heavy (non-hydrogen) atoms. The number of amides is 1. The highest BCUT2D eigenvalue weighted by atomic mass is 16.1. The molecule has 142 valence electrons. The molecular formula is C21H22N6O. The van der Waals surface area contributed by atoms with Crippen LogP contribution in [0.15, 0.2) is 54.9 Å². The summed E-state index contributed by atoms with van der Waals surface area (Å²) in [5.74, 6) is 1.49. The third-order valence-corrected chi connectivity index (χ3v) is 4.96. The van der Waals surface area contributed by atoms with E-state index in [0.717, 1.165) is 48.7 Å². The largest absolute Gasteiger partial charge is 0.355 e. The fraction of sp³-hybridized carbons (Fsp3) is 0.286. The Morgan fingerprint density at radius 1 is 1.04 bits per heavy atom.